The molecule has 0 radical (unpaired) electrons. The second-order valence-electron chi connectivity index (χ2n) is 5.08. The van der Waals surface area contributed by atoms with Crippen LogP contribution >= 0.6 is 15.9 Å². The average Bonchev–Trinajstić information content (AvgIpc) is 2.92. The van der Waals surface area contributed by atoms with Crippen molar-refractivity contribution < 1.29 is 14.7 Å². The molecule has 3 N–H and O–H groups in total. The minimum atomic E-state index is -1.15. The van der Waals surface area contributed by atoms with E-state index >= 15 is 0 Å². The highest BCUT2D eigenvalue weighted by atomic mass is 79.9. The van der Waals surface area contributed by atoms with Crippen LogP contribution in [0.5, 0.6) is 0 Å². The van der Waals surface area contributed by atoms with Crippen molar-refractivity contribution in [2.24, 2.45) is 0 Å². The number of fused-ring (bicyclic) bond motifs is 1. The van der Waals surface area contributed by atoms with Crippen molar-refractivity contribution in [3.8, 4) is 0 Å². The largest absolute Gasteiger partial charge is 0.478 e. The minimum absolute atomic E-state index is 0.0721. The molecule has 0 bridgehead atoms. The van der Waals surface area contributed by atoms with Gasteiger partial charge in [-0.15, -0.1) is 0 Å². The molecule has 0 saturated heterocycles. The molecular weight excluding hydrogens is 360 g/mol. The molecule has 6 heteroatoms. The molecule has 116 valence electrons. The van der Waals surface area contributed by atoms with E-state index in [9.17, 15) is 14.7 Å². The first-order chi connectivity index (χ1) is 11.0. The Labute approximate surface area is 140 Å². The zero-order chi connectivity index (χ0) is 16.6. The third-order valence-electron chi connectivity index (χ3n) is 3.66. The van der Waals surface area contributed by atoms with Gasteiger partial charge in [0.05, 0.1) is 11.3 Å². The number of aromatic nitrogens is 1. The van der Waals surface area contributed by atoms with E-state index in [1.165, 1.54) is 12.1 Å². The highest BCUT2D eigenvalue weighted by molar-refractivity contribution is 9.08. The summed E-state index contributed by atoms with van der Waals surface area (Å²) in [5.41, 5.74) is 8.26. The first kappa shape index (κ1) is 15.3. The van der Waals surface area contributed by atoms with Crippen LogP contribution in [-0.2, 0) is 5.33 Å². The van der Waals surface area contributed by atoms with Gasteiger partial charge in [-0.05, 0) is 42.0 Å². The van der Waals surface area contributed by atoms with Gasteiger partial charge in [0.15, 0.2) is 0 Å². The van der Waals surface area contributed by atoms with E-state index in [0.717, 1.165) is 11.1 Å². The molecule has 2 heterocycles. The quantitative estimate of drug-likeness (QED) is 0.417. The SMILES string of the molecule is Nc1ccc(C(=O)c2c(CBr)cc3ccccn23)cc1C(=O)O. The zero-order valence-corrected chi connectivity index (χ0v) is 13.6. The number of carbonyl (C=O) groups excluding carboxylic acids is 1. The molecule has 1 aromatic carbocycles. The van der Waals surface area contributed by atoms with Crippen LogP contribution in [0.3, 0.4) is 0 Å². The van der Waals surface area contributed by atoms with Gasteiger partial charge < -0.3 is 15.2 Å². The summed E-state index contributed by atoms with van der Waals surface area (Å²) in [6.45, 7) is 0. The van der Waals surface area contributed by atoms with Crippen LogP contribution in [0.4, 0.5) is 5.69 Å². The molecule has 0 atom stereocenters. The number of benzene rings is 1. The van der Waals surface area contributed by atoms with Gasteiger partial charge in [0, 0.05) is 28.3 Å². The summed E-state index contributed by atoms with van der Waals surface area (Å²) in [6, 6.07) is 11.9. The summed E-state index contributed by atoms with van der Waals surface area (Å²) in [7, 11) is 0. The highest BCUT2D eigenvalue weighted by Crippen LogP contribution is 2.24. The number of carboxylic acids is 1. The number of halogens is 1. The maximum Gasteiger partial charge on any atom is 0.337 e. The van der Waals surface area contributed by atoms with E-state index in [-0.39, 0.29) is 17.0 Å². The fourth-order valence-corrected chi connectivity index (χ4v) is 2.98. The Bertz CT molecular complexity index is 931. The Morgan fingerprint density at radius 2 is 1.96 bits per heavy atom. The molecule has 2 aromatic heterocycles. The number of ketones is 1. The molecule has 0 spiro atoms. The number of hydrogen-bond acceptors (Lipinski definition) is 3. The number of aromatic carboxylic acids is 1. The Morgan fingerprint density at radius 3 is 2.65 bits per heavy atom. The lowest BCUT2D eigenvalue weighted by Crippen LogP contribution is -2.10. The van der Waals surface area contributed by atoms with Crippen molar-refractivity contribution in [1.29, 1.82) is 0 Å². The topological polar surface area (TPSA) is 84.8 Å². The van der Waals surface area contributed by atoms with Gasteiger partial charge >= 0.3 is 5.97 Å². The van der Waals surface area contributed by atoms with Crippen molar-refractivity contribution in [2.45, 2.75) is 5.33 Å². The minimum Gasteiger partial charge on any atom is -0.478 e. The Hall–Kier alpha value is -2.60. The molecule has 5 nitrogen and oxygen atoms in total. The lowest BCUT2D eigenvalue weighted by atomic mass is 10.0. The second-order valence-corrected chi connectivity index (χ2v) is 5.64. The van der Waals surface area contributed by atoms with Gasteiger partial charge in [-0.3, -0.25) is 4.79 Å². The third kappa shape index (κ3) is 2.61. The van der Waals surface area contributed by atoms with Gasteiger partial charge in [0.25, 0.3) is 0 Å². The van der Waals surface area contributed by atoms with Gasteiger partial charge in [-0.2, -0.15) is 0 Å². The zero-order valence-electron chi connectivity index (χ0n) is 12.0. The predicted molar refractivity (Wildman–Crippen MR) is 91.3 cm³/mol. The van der Waals surface area contributed by atoms with Crippen molar-refractivity contribution in [3.63, 3.8) is 0 Å². The molecule has 0 saturated carbocycles. The Kier molecular flexibility index (Phi) is 3.92. The maximum atomic E-state index is 12.9. The summed E-state index contributed by atoms with van der Waals surface area (Å²) in [4.78, 5) is 24.1. The number of alkyl halides is 1. The van der Waals surface area contributed by atoms with E-state index in [2.05, 4.69) is 15.9 Å². The molecule has 0 amide bonds. The Balaban J connectivity index is 2.18. The van der Waals surface area contributed by atoms with E-state index in [1.807, 2.05) is 30.5 Å². The van der Waals surface area contributed by atoms with Gasteiger partial charge in [0.1, 0.15) is 0 Å². The van der Waals surface area contributed by atoms with Crippen molar-refractivity contribution in [1.82, 2.24) is 4.40 Å². The smallest absolute Gasteiger partial charge is 0.337 e. The van der Waals surface area contributed by atoms with Crippen LogP contribution in [-0.4, -0.2) is 21.3 Å². The number of anilines is 1. The summed E-state index contributed by atoms with van der Waals surface area (Å²) < 4.78 is 1.80. The molecule has 0 aliphatic carbocycles. The molecule has 0 fully saturated rings. The van der Waals surface area contributed by atoms with E-state index in [1.54, 1.807) is 10.5 Å². The Morgan fingerprint density at radius 1 is 1.17 bits per heavy atom. The second kappa shape index (κ2) is 5.89. The van der Waals surface area contributed by atoms with Crippen LogP contribution < -0.4 is 5.73 Å². The van der Waals surface area contributed by atoms with E-state index in [0.29, 0.717) is 16.6 Å². The number of nitrogens with two attached hydrogens (primary N) is 1. The summed E-state index contributed by atoms with van der Waals surface area (Å²) in [5, 5.41) is 9.70. The first-order valence-corrected chi connectivity index (χ1v) is 7.97. The van der Waals surface area contributed by atoms with Crippen molar-refractivity contribution in [2.75, 3.05) is 5.73 Å². The van der Waals surface area contributed by atoms with Crippen molar-refractivity contribution >= 4 is 38.9 Å². The fraction of sp³-hybridized carbons (Fsp3) is 0.0588. The number of carbonyl (C=O) groups is 2. The molecular formula is C17H13BrN2O3. The number of rotatable bonds is 4. The van der Waals surface area contributed by atoms with Crippen LogP contribution in [0.1, 0.15) is 32.0 Å². The first-order valence-electron chi connectivity index (χ1n) is 6.85. The molecule has 23 heavy (non-hydrogen) atoms. The highest BCUT2D eigenvalue weighted by Gasteiger charge is 2.20. The summed E-state index contributed by atoms with van der Waals surface area (Å²) in [5.74, 6) is -1.40. The number of pyridine rings is 1. The molecule has 0 aliphatic heterocycles. The van der Waals surface area contributed by atoms with Crippen LogP contribution in [0.2, 0.25) is 0 Å². The average molecular weight is 373 g/mol. The summed E-state index contributed by atoms with van der Waals surface area (Å²) in [6.07, 6.45) is 1.81. The lowest BCUT2D eigenvalue weighted by molar-refractivity contribution is 0.0698. The van der Waals surface area contributed by atoms with Gasteiger partial charge in [-0.1, -0.05) is 22.0 Å². The molecule has 0 unspecified atom stereocenters. The molecule has 3 aromatic rings. The lowest BCUT2D eigenvalue weighted by Gasteiger charge is -2.07. The number of nitrogen functional groups attached to an aromatic ring is 1. The third-order valence-corrected chi connectivity index (χ3v) is 4.27. The number of nitrogens with zero attached hydrogens (tertiary/aromatic N) is 1. The molecule has 3 rings (SSSR count). The van der Waals surface area contributed by atoms with Crippen LogP contribution in [0.25, 0.3) is 5.52 Å². The van der Waals surface area contributed by atoms with E-state index in [4.69, 9.17) is 5.73 Å². The normalized spacial score (nSPS) is 10.8. The standard InChI is InChI=1S/C17H13BrN2O3/c18-9-11-7-12-3-1-2-6-20(12)15(11)16(21)10-4-5-14(19)13(8-10)17(22)23/h1-8H,9,19H2,(H,22,23). The predicted octanol–water partition coefficient (Wildman–Crippen LogP) is 3.35. The van der Waals surface area contributed by atoms with Gasteiger partial charge in [0.2, 0.25) is 5.78 Å². The summed E-state index contributed by atoms with van der Waals surface area (Å²) >= 11 is 3.40. The van der Waals surface area contributed by atoms with E-state index < -0.39 is 5.97 Å². The van der Waals surface area contributed by atoms with Crippen LogP contribution in [0, 0.1) is 0 Å². The monoisotopic (exact) mass is 372 g/mol. The van der Waals surface area contributed by atoms with Crippen molar-refractivity contribution in [3.05, 3.63) is 71.0 Å². The number of carboxylic acid groups (broad SMARTS) is 1. The van der Waals surface area contributed by atoms with Crippen LogP contribution in [0.15, 0.2) is 48.7 Å². The fourth-order valence-electron chi connectivity index (χ4n) is 2.56. The van der Waals surface area contributed by atoms with Gasteiger partial charge in [-0.25, -0.2) is 4.79 Å². The number of hydrogen-bond donors (Lipinski definition) is 2. The maximum absolute atomic E-state index is 12.9. The molecule has 0 aliphatic rings.